The molecule has 1 aliphatic carbocycles. The van der Waals surface area contributed by atoms with Crippen LogP contribution in [0, 0.1) is 3.57 Å². The number of rotatable bonds is 5. The highest BCUT2D eigenvalue weighted by Gasteiger charge is 2.34. The predicted molar refractivity (Wildman–Crippen MR) is 125 cm³/mol. The minimum Gasteiger partial charge on any atom is -0.350 e. The smallest absolute Gasteiger partial charge is 0.269 e. The zero-order chi connectivity index (χ0) is 20.3. The van der Waals surface area contributed by atoms with Crippen molar-refractivity contribution in [2.75, 3.05) is 6.54 Å². The van der Waals surface area contributed by atoms with Crippen LogP contribution in [0.5, 0.6) is 0 Å². The van der Waals surface area contributed by atoms with E-state index in [0.717, 1.165) is 24.1 Å². The summed E-state index contributed by atoms with van der Waals surface area (Å²) in [6, 6.07) is 20.7. The SMILES string of the molecule is Cn1nc(-c2ccccc2)cc1C(=O)NCC1(c2ccc(I)cc2)CCCCC1. The van der Waals surface area contributed by atoms with E-state index in [4.69, 9.17) is 0 Å². The molecule has 0 spiro atoms. The number of carbonyl (C=O) groups is 1. The van der Waals surface area contributed by atoms with Crippen LogP contribution < -0.4 is 5.32 Å². The van der Waals surface area contributed by atoms with Crippen molar-refractivity contribution >= 4 is 28.5 Å². The maximum atomic E-state index is 13.0. The predicted octanol–water partition coefficient (Wildman–Crippen LogP) is 5.32. The van der Waals surface area contributed by atoms with E-state index < -0.39 is 0 Å². The molecule has 1 amide bonds. The number of carbonyl (C=O) groups excluding carboxylic acids is 1. The highest BCUT2D eigenvalue weighted by Crippen LogP contribution is 2.39. The van der Waals surface area contributed by atoms with Crippen molar-refractivity contribution in [3.05, 3.63) is 75.5 Å². The molecule has 0 atom stereocenters. The maximum absolute atomic E-state index is 13.0. The Hall–Kier alpha value is -2.15. The van der Waals surface area contributed by atoms with Crippen molar-refractivity contribution in [2.24, 2.45) is 7.05 Å². The van der Waals surface area contributed by atoms with Crippen LogP contribution in [0.25, 0.3) is 11.3 Å². The van der Waals surface area contributed by atoms with Crippen LogP contribution in [-0.4, -0.2) is 22.2 Å². The largest absolute Gasteiger partial charge is 0.350 e. The van der Waals surface area contributed by atoms with E-state index in [2.05, 4.69) is 57.3 Å². The highest BCUT2D eigenvalue weighted by atomic mass is 127. The zero-order valence-electron chi connectivity index (χ0n) is 16.7. The molecule has 1 heterocycles. The summed E-state index contributed by atoms with van der Waals surface area (Å²) in [7, 11) is 1.83. The molecule has 2 aromatic carbocycles. The number of aryl methyl sites for hydroxylation is 1. The Kier molecular flexibility index (Phi) is 6.04. The summed E-state index contributed by atoms with van der Waals surface area (Å²) in [5.74, 6) is -0.0577. The molecule has 29 heavy (non-hydrogen) atoms. The summed E-state index contributed by atoms with van der Waals surface area (Å²) >= 11 is 2.34. The molecule has 0 unspecified atom stereocenters. The maximum Gasteiger partial charge on any atom is 0.269 e. The standard InChI is InChI=1S/C24H26IN3O/c1-28-22(16-21(27-28)18-8-4-2-5-9-18)23(29)26-17-24(14-6-3-7-15-24)19-10-12-20(25)13-11-19/h2,4-5,8-13,16H,3,6-7,14-15,17H2,1H3,(H,26,29). The third-order valence-corrected chi connectivity index (χ3v) is 6.76. The van der Waals surface area contributed by atoms with Gasteiger partial charge in [0.05, 0.1) is 5.69 Å². The van der Waals surface area contributed by atoms with Crippen LogP contribution in [0.4, 0.5) is 0 Å². The van der Waals surface area contributed by atoms with Crippen molar-refractivity contribution in [3.63, 3.8) is 0 Å². The van der Waals surface area contributed by atoms with Crippen LogP contribution in [0.3, 0.4) is 0 Å². The summed E-state index contributed by atoms with van der Waals surface area (Å²) in [5.41, 5.74) is 3.80. The van der Waals surface area contributed by atoms with E-state index in [1.165, 1.54) is 28.4 Å². The Bertz CT molecular complexity index is 973. The second-order valence-corrected chi connectivity index (χ2v) is 9.18. The molecule has 150 valence electrons. The molecule has 0 aliphatic heterocycles. The fourth-order valence-corrected chi connectivity index (χ4v) is 4.73. The van der Waals surface area contributed by atoms with Crippen LogP contribution in [0.15, 0.2) is 60.7 Å². The first-order valence-electron chi connectivity index (χ1n) is 10.2. The van der Waals surface area contributed by atoms with Gasteiger partial charge >= 0.3 is 0 Å². The highest BCUT2D eigenvalue weighted by molar-refractivity contribution is 14.1. The Morgan fingerprint density at radius 1 is 1.07 bits per heavy atom. The fourth-order valence-electron chi connectivity index (χ4n) is 4.37. The lowest BCUT2D eigenvalue weighted by molar-refractivity contribution is 0.0927. The lowest BCUT2D eigenvalue weighted by Crippen LogP contribution is -2.42. The Labute approximate surface area is 185 Å². The third-order valence-electron chi connectivity index (χ3n) is 6.04. The Balaban J connectivity index is 1.53. The summed E-state index contributed by atoms with van der Waals surface area (Å²) in [6.07, 6.45) is 5.95. The quantitative estimate of drug-likeness (QED) is 0.483. The number of halogens is 1. The summed E-state index contributed by atoms with van der Waals surface area (Å²) in [5, 5.41) is 7.76. The van der Waals surface area contributed by atoms with Crippen molar-refractivity contribution in [1.29, 1.82) is 0 Å². The van der Waals surface area contributed by atoms with Gasteiger partial charge in [0, 0.05) is 28.1 Å². The number of nitrogens with one attached hydrogen (secondary N) is 1. The molecule has 5 heteroatoms. The number of nitrogens with zero attached hydrogens (tertiary/aromatic N) is 2. The van der Waals surface area contributed by atoms with E-state index in [9.17, 15) is 4.79 Å². The first-order chi connectivity index (χ1) is 14.1. The van der Waals surface area contributed by atoms with Gasteiger partial charge in [-0.2, -0.15) is 5.10 Å². The molecule has 4 nitrogen and oxygen atoms in total. The average molecular weight is 499 g/mol. The first-order valence-corrected chi connectivity index (χ1v) is 11.3. The van der Waals surface area contributed by atoms with Crippen LogP contribution in [0.2, 0.25) is 0 Å². The zero-order valence-corrected chi connectivity index (χ0v) is 18.9. The van der Waals surface area contributed by atoms with E-state index >= 15 is 0 Å². The summed E-state index contributed by atoms with van der Waals surface area (Å²) < 4.78 is 2.92. The number of hydrogen-bond donors (Lipinski definition) is 1. The third kappa shape index (κ3) is 4.39. The molecule has 0 saturated heterocycles. The Morgan fingerprint density at radius 2 is 1.76 bits per heavy atom. The second kappa shape index (κ2) is 8.69. The summed E-state index contributed by atoms with van der Waals surface area (Å²) in [6.45, 7) is 0.665. The van der Waals surface area contributed by atoms with Crippen molar-refractivity contribution in [1.82, 2.24) is 15.1 Å². The first kappa shape index (κ1) is 20.1. The molecule has 0 bridgehead atoms. The average Bonchev–Trinajstić information content (AvgIpc) is 3.15. The second-order valence-electron chi connectivity index (χ2n) is 7.94. The Morgan fingerprint density at radius 3 is 2.45 bits per heavy atom. The van der Waals surface area contributed by atoms with Gasteiger partial charge in [-0.15, -0.1) is 0 Å². The number of amides is 1. The fraction of sp³-hybridized carbons (Fsp3) is 0.333. The molecule has 0 radical (unpaired) electrons. The van der Waals surface area contributed by atoms with Gasteiger partial charge in [0.15, 0.2) is 0 Å². The molecule has 1 aliphatic rings. The van der Waals surface area contributed by atoms with Crippen molar-refractivity contribution < 1.29 is 4.79 Å². The molecule has 1 N–H and O–H groups in total. The number of hydrogen-bond acceptors (Lipinski definition) is 2. The lowest BCUT2D eigenvalue weighted by atomic mass is 9.69. The monoisotopic (exact) mass is 499 g/mol. The van der Waals surface area contributed by atoms with E-state index in [1.807, 2.05) is 43.4 Å². The van der Waals surface area contributed by atoms with Crippen LogP contribution in [0.1, 0.15) is 48.2 Å². The van der Waals surface area contributed by atoms with Crippen molar-refractivity contribution in [3.8, 4) is 11.3 Å². The van der Waals surface area contributed by atoms with Crippen LogP contribution in [-0.2, 0) is 12.5 Å². The molecule has 4 rings (SSSR count). The molecule has 1 saturated carbocycles. The van der Waals surface area contributed by atoms with Gasteiger partial charge in [-0.3, -0.25) is 9.48 Å². The minimum absolute atomic E-state index is 0.0269. The number of aromatic nitrogens is 2. The molecular formula is C24H26IN3O. The molecule has 1 aromatic heterocycles. The van der Waals surface area contributed by atoms with Crippen molar-refractivity contribution in [2.45, 2.75) is 37.5 Å². The summed E-state index contributed by atoms with van der Waals surface area (Å²) in [4.78, 5) is 13.0. The van der Waals surface area contributed by atoms with E-state index in [0.29, 0.717) is 12.2 Å². The minimum atomic E-state index is -0.0577. The van der Waals surface area contributed by atoms with Gasteiger partial charge in [0.2, 0.25) is 0 Å². The molecule has 1 fully saturated rings. The van der Waals surface area contributed by atoms with Gasteiger partial charge in [-0.1, -0.05) is 61.7 Å². The van der Waals surface area contributed by atoms with Crippen LogP contribution >= 0.6 is 22.6 Å². The topological polar surface area (TPSA) is 46.9 Å². The van der Waals surface area contributed by atoms with Gasteiger partial charge in [0.1, 0.15) is 5.69 Å². The van der Waals surface area contributed by atoms with Gasteiger partial charge < -0.3 is 5.32 Å². The lowest BCUT2D eigenvalue weighted by Gasteiger charge is -2.38. The van der Waals surface area contributed by atoms with Gasteiger partial charge in [-0.25, -0.2) is 0 Å². The van der Waals surface area contributed by atoms with Gasteiger partial charge in [-0.05, 0) is 59.2 Å². The number of benzene rings is 2. The van der Waals surface area contributed by atoms with Gasteiger partial charge in [0.25, 0.3) is 5.91 Å². The van der Waals surface area contributed by atoms with E-state index in [-0.39, 0.29) is 11.3 Å². The molecule has 3 aromatic rings. The normalized spacial score (nSPS) is 15.8. The molecular weight excluding hydrogens is 473 g/mol. The van der Waals surface area contributed by atoms with E-state index in [1.54, 1.807) is 4.68 Å².